The van der Waals surface area contributed by atoms with Crippen molar-refractivity contribution < 1.29 is 9.18 Å². The van der Waals surface area contributed by atoms with E-state index < -0.39 is 11.6 Å². The van der Waals surface area contributed by atoms with Crippen molar-refractivity contribution in [1.82, 2.24) is 0 Å². The summed E-state index contributed by atoms with van der Waals surface area (Å²) in [7, 11) is 0. The molecule has 0 aliphatic heterocycles. The van der Waals surface area contributed by atoms with E-state index in [1.807, 2.05) is 37.3 Å². The molecule has 0 aliphatic carbocycles. The minimum absolute atomic E-state index is 0.0758. The number of carbonyl (C=O) groups is 1. The fraction of sp³-hybridized carbons (Fsp3) is 0.0556. The van der Waals surface area contributed by atoms with Crippen LogP contribution in [-0.2, 0) is 0 Å². The molecule has 0 N–H and O–H groups in total. The van der Waals surface area contributed by atoms with Gasteiger partial charge in [0, 0.05) is 5.56 Å². The molecule has 0 aromatic heterocycles. The molecule has 1 nitrogen and oxygen atoms in total. The smallest absolute Gasteiger partial charge is 0.198 e. The Morgan fingerprint density at radius 3 is 2.38 bits per heavy atom. The van der Waals surface area contributed by atoms with Crippen molar-refractivity contribution in [2.24, 2.45) is 0 Å². The molecule has 0 bridgehead atoms. The number of hydrogen-bond acceptors (Lipinski definition) is 1. The lowest BCUT2D eigenvalue weighted by molar-refractivity contribution is 0.103. The zero-order valence-corrected chi connectivity index (χ0v) is 12.1. The molecule has 0 atom stereocenters. The lowest BCUT2D eigenvalue weighted by Crippen LogP contribution is -2.06. The van der Waals surface area contributed by atoms with Gasteiger partial charge in [0.25, 0.3) is 0 Å². The first-order valence-electron chi connectivity index (χ1n) is 6.56. The fourth-order valence-corrected chi connectivity index (χ4v) is 2.75. The molecule has 0 heterocycles. The molecule has 3 aromatic rings. The largest absolute Gasteiger partial charge is 0.288 e. The van der Waals surface area contributed by atoms with Crippen LogP contribution >= 0.6 is 11.6 Å². The Kier molecular flexibility index (Phi) is 3.48. The Labute approximate surface area is 127 Å². The highest BCUT2D eigenvalue weighted by atomic mass is 35.5. The number of rotatable bonds is 2. The second kappa shape index (κ2) is 5.30. The standard InChI is InChI=1S/C18H12ClFO/c1-11-9-10-14(13-6-3-2-5-12(11)13)18(21)17-15(19)7-4-8-16(17)20/h2-10H,1H3. The second-order valence-corrected chi connectivity index (χ2v) is 5.31. The van der Waals surface area contributed by atoms with Crippen LogP contribution in [0.4, 0.5) is 4.39 Å². The van der Waals surface area contributed by atoms with Crippen LogP contribution in [0.2, 0.25) is 5.02 Å². The lowest BCUT2D eigenvalue weighted by Gasteiger charge is -2.10. The fourth-order valence-electron chi connectivity index (χ4n) is 2.50. The van der Waals surface area contributed by atoms with Gasteiger partial charge in [-0.25, -0.2) is 4.39 Å². The van der Waals surface area contributed by atoms with Crippen molar-refractivity contribution in [3.8, 4) is 0 Å². The van der Waals surface area contributed by atoms with E-state index in [1.165, 1.54) is 18.2 Å². The van der Waals surface area contributed by atoms with E-state index in [1.54, 1.807) is 6.07 Å². The van der Waals surface area contributed by atoms with Gasteiger partial charge < -0.3 is 0 Å². The number of carbonyl (C=O) groups excluding carboxylic acids is 1. The molecule has 104 valence electrons. The third-order valence-electron chi connectivity index (χ3n) is 3.58. The molecule has 0 amide bonds. The van der Waals surface area contributed by atoms with Crippen molar-refractivity contribution in [2.75, 3.05) is 0 Å². The van der Waals surface area contributed by atoms with Gasteiger partial charge in [-0.05, 0) is 35.4 Å². The Bertz CT molecular complexity index is 835. The zero-order valence-electron chi connectivity index (χ0n) is 11.4. The first kappa shape index (κ1) is 13.8. The van der Waals surface area contributed by atoms with Crippen LogP contribution in [0.25, 0.3) is 10.8 Å². The average Bonchev–Trinajstić information content (AvgIpc) is 2.47. The van der Waals surface area contributed by atoms with Crippen molar-refractivity contribution in [3.05, 3.63) is 82.1 Å². The van der Waals surface area contributed by atoms with Gasteiger partial charge in [-0.15, -0.1) is 0 Å². The predicted octanol–water partition coefficient (Wildman–Crippen LogP) is 5.17. The van der Waals surface area contributed by atoms with E-state index in [0.29, 0.717) is 5.56 Å². The predicted molar refractivity (Wildman–Crippen MR) is 83.5 cm³/mol. The van der Waals surface area contributed by atoms with Gasteiger partial charge in [0.05, 0.1) is 10.6 Å². The Morgan fingerprint density at radius 1 is 0.952 bits per heavy atom. The van der Waals surface area contributed by atoms with Gasteiger partial charge in [-0.1, -0.05) is 54.1 Å². The lowest BCUT2D eigenvalue weighted by atomic mass is 9.94. The molecule has 21 heavy (non-hydrogen) atoms. The average molecular weight is 299 g/mol. The molecule has 0 saturated heterocycles. The van der Waals surface area contributed by atoms with E-state index in [0.717, 1.165) is 16.3 Å². The van der Waals surface area contributed by atoms with Crippen LogP contribution in [-0.4, -0.2) is 5.78 Å². The highest BCUT2D eigenvalue weighted by molar-refractivity contribution is 6.35. The number of halogens is 2. The van der Waals surface area contributed by atoms with Gasteiger partial charge in [0.1, 0.15) is 5.82 Å². The summed E-state index contributed by atoms with van der Waals surface area (Å²) >= 11 is 6.00. The van der Waals surface area contributed by atoms with Gasteiger partial charge in [0.2, 0.25) is 0 Å². The molecule has 3 heteroatoms. The molecule has 0 radical (unpaired) electrons. The molecular weight excluding hydrogens is 287 g/mol. The Hall–Kier alpha value is -2.19. The SMILES string of the molecule is Cc1ccc(C(=O)c2c(F)cccc2Cl)c2ccccc12. The summed E-state index contributed by atoms with van der Waals surface area (Å²) in [6.07, 6.45) is 0. The molecule has 0 unspecified atom stereocenters. The number of aryl methyl sites for hydroxylation is 1. The number of hydrogen-bond donors (Lipinski definition) is 0. The summed E-state index contributed by atoms with van der Waals surface area (Å²) in [6, 6.07) is 15.4. The summed E-state index contributed by atoms with van der Waals surface area (Å²) in [5.41, 5.74) is 1.46. The van der Waals surface area contributed by atoms with Crippen LogP contribution in [0, 0.1) is 12.7 Å². The normalized spacial score (nSPS) is 10.8. The molecule has 0 spiro atoms. The first-order chi connectivity index (χ1) is 10.1. The third-order valence-corrected chi connectivity index (χ3v) is 3.89. The zero-order chi connectivity index (χ0) is 15.0. The van der Waals surface area contributed by atoms with E-state index in [-0.39, 0.29) is 10.6 Å². The Balaban J connectivity index is 2.26. The van der Waals surface area contributed by atoms with Gasteiger partial charge in [-0.3, -0.25) is 4.79 Å². The summed E-state index contributed by atoms with van der Waals surface area (Å²) in [5, 5.41) is 1.92. The molecular formula is C18H12ClFO. The summed E-state index contributed by atoms with van der Waals surface area (Å²) in [5.74, 6) is -0.994. The van der Waals surface area contributed by atoms with E-state index in [4.69, 9.17) is 11.6 Å². The summed E-state index contributed by atoms with van der Waals surface area (Å²) < 4.78 is 14.0. The molecule has 0 aliphatic rings. The molecule has 3 rings (SSSR count). The highest BCUT2D eigenvalue weighted by Gasteiger charge is 2.19. The van der Waals surface area contributed by atoms with Gasteiger partial charge in [-0.2, -0.15) is 0 Å². The van der Waals surface area contributed by atoms with Crippen molar-refractivity contribution in [1.29, 1.82) is 0 Å². The Morgan fingerprint density at radius 2 is 1.67 bits per heavy atom. The van der Waals surface area contributed by atoms with Crippen LogP contribution in [0.1, 0.15) is 21.5 Å². The first-order valence-corrected chi connectivity index (χ1v) is 6.94. The third kappa shape index (κ3) is 2.32. The quantitative estimate of drug-likeness (QED) is 0.596. The second-order valence-electron chi connectivity index (χ2n) is 4.90. The molecule has 0 fully saturated rings. The minimum atomic E-state index is -0.600. The van der Waals surface area contributed by atoms with Gasteiger partial charge >= 0.3 is 0 Å². The van der Waals surface area contributed by atoms with Crippen LogP contribution in [0.15, 0.2) is 54.6 Å². The number of ketones is 1. The van der Waals surface area contributed by atoms with E-state index in [9.17, 15) is 9.18 Å². The van der Waals surface area contributed by atoms with Crippen molar-refractivity contribution in [2.45, 2.75) is 6.92 Å². The minimum Gasteiger partial charge on any atom is -0.288 e. The number of fused-ring (bicyclic) bond motifs is 1. The highest BCUT2D eigenvalue weighted by Crippen LogP contribution is 2.28. The molecule has 0 saturated carbocycles. The van der Waals surface area contributed by atoms with E-state index in [2.05, 4.69) is 0 Å². The summed E-state index contributed by atoms with van der Waals surface area (Å²) in [4.78, 5) is 12.7. The van der Waals surface area contributed by atoms with E-state index >= 15 is 0 Å². The van der Waals surface area contributed by atoms with Crippen LogP contribution < -0.4 is 0 Å². The maximum atomic E-state index is 14.0. The van der Waals surface area contributed by atoms with Crippen LogP contribution in [0.5, 0.6) is 0 Å². The maximum Gasteiger partial charge on any atom is 0.198 e. The topological polar surface area (TPSA) is 17.1 Å². The maximum absolute atomic E-state index is 14.0. The van der Waals surface area contributed by atoms with Crippen LogP contribution in [0.3, 0.4) is 0 Å². The molecule has 3 aromatic carbocycles. The van der Waals surface area contributed by atoms with Gasteiger partial charge in [0.15, 0.2) is 5.78 Å². The van der Waals surface area contributed by atoms with Crippen molar-refractivity contribution in [3.63, 3.8) is 0 Å². The number of benzene rings is 3. The monoisotopic (exact) mass is 298 g/mol. The summed E-state index contributed by atoms with van der Waals surface area (Å²) in [6.45, 7) is 1.98. The van der Waals surface area contributed by atoms with Crippen molar-refractivity contribution >= 4 is 28.2 Å².